The van der Waals surface area contributed by atoms with E-state index in [2.05, 4.69) is 15.3 Å². The second-order valence-corrected chi connectivity index (χ2v) is 6.59. The van der Waals surface area contributed by atoms with Crippen LogP contribution in [-0.2, 0) is 9.53 Å². The Hall–Kier alpha value is -2.12. The van der Waals surface area contributed by atoms with Crippen molar-refractivity contribution in [2.24, 2.45) is 5.73 Å². The first-order valence-corrected chi connectivity index (χ1v) is 8.88. The Labute approximate surface area is 176 Å². The summed E-state index contributed by atoms with van der Waals surface area (Å²) < 4.78 is 5.75. The van der Waals surface area contributed by atoms with E-state index in [4.69, 9.17) is 10.5 Å². The van der Waals surface area contributed by atoms with Crippen LogP contribution in [0.3, 0.4) is 0 Å². The molecule has 1 unspecified atom stereocenters. The minimum atomic E-state index is -0.439. The molecule has 0 bridgehead atoms. The Morgan fingerprint density at radius 2 is 1.96 bits per heavy atom. The van der Waals surface area contributed by atoms with E-state index in [9.17, 15) is 4.79 Å². The van der Waals surface area contributed by atoms with Crippen LogP contribution in [-0.4, -0.2) is 34.6 Å². The third-order valence-electron chi connectivity index (χ3n) is 4.86. The maximum atomic E-state index is 12.8. The van der Waals surface area contributed by atoms with Gasteiger partial charge in [0.2, 0.25) is 5.91 Å². The number of benzene rings is 2. The minimum Gasteiger partial charge on any atom is -0.364 e. The zero-order valence-corrected chi connectivity index (χ0v) is 16.8. The Balaban J connectivity index is 0.00000140. The summed E-state index contributed by atoms with van der Waals surface area (Å²) >= 11 is 0. The lowest BCUT2D eigenvalue weighted by molar-refractivity contribution is -0.132. The van der Waals surface area contributed by atoms with E-state index >= 15 is 0 Å². The maximum absolute atomic E-state index is 12.8. The number of carbonyl (C=O) groups excluding carboxylic acids is 1. The topological polar surface area (TPSA) is 93.0 Å². The molecule has 0 radical (unpaired) electrons. The first-order valence-electron chi connectivity index (χ1n) is 8.88. The summed E-state index contributed by atoms with van der Waals surface area (Å²) in [5.41, 5.74) is 9.51. The number of hydrogen-bond acceptors (Lipinski definition) is 4. The molecule has 0 aliphatic carbocycles. The highest BCUT2D eigenvalue weighted by Crippen LogP contribution is 2.26. The van der Waals surface area contributed by atoms with E-state index in [1.807, 2.05) is 48.5 Å². The van der Waals surface area contributed by atoms with Gasteiger partial charge in [0.25, 0.3) is 0 Å². The second-order valence-electron chi connectivity index (χ2n) is 6.59. The van der Waals surface area contributed by atoms with Crippen LogP contribution in [0.4, 0.5) is 0 Å². The monoisotopic (exact) mass is 422 g/mol. The Morgan fingerprint density at radius 3 is 2.68 bits per heavy atom. The van der Waals surface area contributed by atoms with E-state index in [1.54, 1.807) is 6.33 Å². The van der Waals surface area contributed by atoms with Crippen molar-refractivity contribution >= 4 is 41.8 Å². The van der Waals surface area contributed by atoms with Crippen molar-refractivity contribution in [3.05, 3.63) is 66.0 Å². The second kappa shape index (κ2) is 9.89. The third-order valence-corrected chi connectivity index (χ3v) is 4.86. The molecule has 3 aromatic rings. The predicted octanol–water partition coefficient (Wildman–Crippen LogP) is 3.12. The summed E-state index contributed by atoms with van der Waals surface area (Å²) in [6.45, 7) is 0.447. The van der Waals surface area contributed by atoms with Gasteiger partial charge in [-0.15, -0.1) is 24.8 Å². The molecule has 1 saturated heterocycles. The van der Waals surface area contributed by atoms with Crippen LogP contribution in [0, 0.1) is 0 Å². The maximum Gasteiger partial charge on any atom is 0.249 e. The van der Waals surface area contributed by atoms with Crippen molar-refractivity contribution in [2.45, 2.75) is 31.1 Å². The molecule has 4 N–H and O–H groups in total. The zero-order valence-electron chi connectivity index (χ0n) is 15.2. The van der Waals surface area contributed by atoms with Gasteiger partial charge in [-0.05, 0) is 36.1 Å². The highest BCUT2D eigenvalue weighted by molar-refractivity contribution is 5.85. The normalized spacial score (nSPS) is 19.5. The van der Waals surface area contributed by atoms with Gasteiger partial charge in [0.15, 0.2) is 0 Å². The molecule has 6 nitrogen and oxygen atoms in total. The van der Waals surface area contributed by atoms with Crippen molar-refractivity contribution in [3.63, 3.8) is 0 Å². The highest BCUT2D eigenvalue weighted by atomic mass is 35.5. The molecule has 1 amide bonds. The number of nitrogens with one attached hydrogen (secondary N) is 2. The Kier molecular flexibility index (Phi) is 7.83. The summed E-state index contributed by atoms with van der Waals surface area (Å²) in [6, 6.07) is 15.7. The van der Waals surface area contributed by atoms with Crippen LogP contribution in [0.2, 0.25) is 0 Å². The van der Waals surface area contributed by atoms with Gasteiger partial charge in [-0.25, -0.2) is 4.98 Å². The van der Waals surface area contributed by atoms with Crippen molar-refractivity contribution in [2.75, 3.05) is 6.54 Å². The molecule has 3 atom stereocenters. The van der Waals surface area contributed by atoms with Gasteiger partial charge in [-0.1, -0.05) is 36.4 Å². The lowest BCUT2D eigenvalue weighted by atomic mass is 9.97. The van der Waals surface area contributed by atoms with Crippen LogP contribution in [0.1, 0.15) is 30.0 Å². The average Bonchev–Trinajstić information content (AvgIpc) is 3.35. The standard InChI is InChI=1S/C20H22N4O2.2ClH/c21-11-15-7-9-18(26-15)20(25)24-19(13-4-2-1-3-5-13)14-6-8-16-17(10-14)23-12-22-16;;/h1-6,8,10,12,15,18-19H,7,9,11,21H2,(H,22,23)(H,24,25);2*1H/t15-,18+,19?;;/m1../s1. The molecule has 0 saturated carbocycles. The zero-order chi connectivity index (χ0) is 17.9. The molecule has 2 aromatic carbocycles. The van der Waals surface area contributed by atoms with Gasteiger partial charge < -0.3 is 20.8 Å². The van der Waals surface area contributed by atoms with E-state index in [1.165, 1.54) is 0 Å². The number of nitrogens with two attached hydrogens (primary N) is 1. The summed E-state index contributed by atoms with van der Waals surface area (Å²) in [4.78, 5) is 20.2. The van der Waals surface area contributed by atoms with Gasteiger partial charge in [0, 0.05) is 6.54 Å². The number of H-pyrrole nitrogens is 1. The molecule has 8 heteroatoms. The van der Waals surface area contributed by atoms with E-state index in [-0.39, 0.29) is 42.9 Å². The Bertz CT molecular complexity index is 903. The number of ether oxygens (including phenoxy) is 1. The molecule has 2 heterocycles. The molecule has 1 aliphatic heterocycles. The van der Waals surface area contributed by atoms with Crippen LogP contribution >= 0.6 is 24.8 Å². The summed E-state index contributed by atoms with van der Waals surface area (Å²) in [6.07, 6.45) is 2.73. The number of imidazole rings is 1. The van der Waals surface area contributed by atoms with Crippen molar-refractivity contribution in [3.8, 4) is 0 Å². The number of amides is 1. The van der Waals surface area contributed by atoms with E-state index in [0.29, 0.717) is 13.0 Å². The van der Waals surface area contributed by atoms with Crippen molar-refractivity contribution in [1.29, 1.82) is 0 Å². The number of fused-ring (bicyclic) bond motifs is 1. The van der Waals surface area contributed by atoms with Gasteiger partial charge in [0.05, 0.1) is 29.5 Å². The fourth-order valence-electron chi connectivity index (χ4n) is 3.44. The number of aromatic amines is 1. The molecule has 4 rings (SSSR count). The predicted molar refractivity (Wildman–Crippen MR) is 114 cm³/mol. The van der Waals surface area contributed by atoms with E-state index < -0.39 is 6.10 Å². The SMILES string of the molecule is Cl.Cl.NC[C@H]1CC[C@@H](C(=O)NC(c2ccccc2)c2ccc3nc[nH]c3c2)O1. The number of rotatable bonds is 5. The number of nitrogens with zero attached hydrogens (tertiary/aromatic N) is 1. The van der Waals surface area contributed by atoms with Gasteiger partial charge in [-0.3, -0.25) is 4.79 Å². The Morgan fingerprint density at radius 1 is 1.18 bits per heavy atom. The molecule has 1 aliphatic rings. The molecule has 0 spiro atoms. The molecule has 1 aromatic heterocycles. The van der Waals surface area contributed by atoms with Crippen LogP contribution in [0.5, 0.6) is 0 Å². The number of hydrogen-bond donors (Lipinski definition) is 3. The van der Waals surface area contributed by atoms with E-state index in [0.717, 1.165) is 28.6 Å². The lowest BCUT2D eigenvalue weighted by Gasteiger charge is -2.22. The molecular weight excluding hydrogens is 399 g/mol. The summed E-state index contributed by atoms with van der Waals surface area (Å²) in [5, 5.41) is 3.15. The fraction of sp³-hybridized carbons (Fsp3) is 0.300. The smallest absolute Gasteiger partial charge is 0.249 e. The molecule has 1 fully saturated rings. The van der Waals surface area contributed by atoms with Gasteiger partial charge in [-0.2, -0.15) is 0 Å². The largest absolute Gasteiger partial charge is 0.364 e. The van der Waals surface area contributed by atoms with Crippen molar-refractivity contribution < 1.29 is 9.53 Å². The summed E-state index contributed by atoms with van der Waals surface area (Å²) in [5.74, 6) is -0.0977. The van der Waals surface area contributed by atoms with Crippen LogP contribution in [0.15, 0.2) is 54.9 Å². The first-order chi connectivity index (χ1) is 12.7. The molecule has 150 valence electrons. The van der Waals surface area contributed by atoms with Crippen LogP contribution < -0.4 is 11.1 Å². The van der Waals surface area contributed by atoms with Crippen molar-refractivity contribution in [1.82, 2.24) is 15.3 Å². The fourth-order valence-corrected chi connectivity index (χ4v) is 3.44. The lowest BCUT2D eigenvalue weighted by Crippen LogP contribution is -2.38. The third kappa shape index (κ3) is 4.64. The van der Waals surface area contributed by atoms with Gasteiger partial charge in [0.1, 0.15) is 6.10 Å². The average molecular weight is 423 g/mol. The number of aromatic nitrogens is 2. The number of halogens is 2. The molecular formula is C20H24Cl2N4O2. The van der Waals surface area contributed by atoms with Gasteiger partial charge >= 0.3 is 0 Å². The first kappa shape index (κ1) is 22.2. The minimum absolute atomic E-state index is 0. The highest BCUT2D eigenvalue weighted by Gasteiger charge is 2.31. The summed E-state index contributed by atoms with van der Waals surface area (Å²) in [7, 11) is 0. The quantitative estimate of drug-likeness (QED) is 0.588. The molecule has 28 heavy (non-hydrogen) atoms. The number of carbonyl (C=O) groups is 1. The van der Waals surface area contributed by atoms with Crippen LogP contribution in [0.25, 0.3) is 11.0 Å².